The molecule has 0 bridgehead atoms. The first-order valence-corrected chi connectivity index (χ1v) is 18.8. The van der Waals surface area contributed by atoms with Gasteiger partial charge in [-0.15, -0.1) is 0 Å². The SMILES string of the molecule is C.Cc1cc(F)c(F)cc1-c1cccc(C(C)(C)C)c1.Cc1cc(F)c(F)cc1-c1cccc(C(C)(C)C)c1F.Cc1ccccc1-c1cccc(C(C)(C)C)n1. The number of rotatable bonds is 3. The average molecular weight is 780 g/mol. The average Bonchev–Trinajstić information content (AvgIpc) is 3.11. The number of aromatic nitrogens is 1. The maximum absolute atomic E-state index is 14.7. The van der Waals surface area contributed by atoms with Crippen LogP contribution in [0.3, 0.4) is 0 Å². The van der Waals surface area contributed by atoms with Crippen molar-refractivity contribution in [1.82, 2.24) is 4.98 Å². The number of benzene rings is 5. The number of aryl methyl sites for hydroxylation is 3. The molecule has 0 fully saturated rings. The Morgan fingerprint density at radius 1 is 0.421 bits per heavy atom. The van der Waals surface area contributed by atoms with E-state index in [1.807, 2.05) is 39.0 Å². The predicted octanol–water partition coefficient (Wildman–Crippen LogP) is 15.6. The highest BCUT2D eigenvalue weighted by molar-refractivity contribution is 5.70. The molecule has 0 atom stereocenters. The van der Waals surface area contributed by atoms with Crippen LogP contribution in [-0.2, 0) is 16.2 Å². The zero-order chi connectivity index (χ0) is 41.7. The molecule has 0 aliphatic heterocycles. The Morgan fingerprint density at radius 2 is 0.930 bits per heavy atom. The minimum absolute atomic E-state index is 0. The van der Waals surface area contributed by atoms with Crippen molar-refractivity contribution < 1.29 is 22.0 Å². The minimum atomic E-state index is -0.967. The first kappa shape index (κ1) is 46.3. The molecule has 0 unspecified atom stereocenters. The molecule has 0 amide bonds. The van der Waals surface area contributed by atoms with Gasteiger partial charge in [-0.2, -0.15) is 0 Å². The summed E-state index contributed by atoms with van der Waals surface area (Å²) in [6.07, 6.45) is 0. The van der Waals surface area contributed by atoms with Crippen molar-refractivity contribution >= 4 is 0 Å². The van der Waals surface area contributed by atoms with Crippen molar-refractivity contribution in [2.75, 3.05) is 0 Å². The van der Waals surface area contributed by atoms with Crippen LogP contribution in [0.15, 0.2) is 109 Å². The summed E-state index contributed by atoms with van der Waals surface area (Å²) >= 11 is 0. The maximum atomic E-state index is 14.7. The molecule has 0 saturated carbocycles. The maximum Gasteiger partial charge on any atom is 0.159 e. The standard InChI is InChI=1S/C17H17F3.C17H18F2.C16H19N.CH4/c1-10-8-14(18)15(19)9-12(10)11-6-5-7-13(16(11)20)17(2,3)4;1-11-8-15(18)16(19)10-14(11)12-6-5-7-13(9-12)17(2,3)4;1-12-8-5-6-9-13(12)14-10-7-11-15(17-14)16(2,3)4;/h5-9H,1-4H3;5-10H,1-4H3;5-11H,1-4H3;1H4. The first-order chi connectivity index (χ1) is 26.0. The molecule has 6 rings (SSSR count). The van der Waals surface area contributed by atoms with E-state index in [1.165, 1.54) is 28.8 Å². The zero-order valence-corrected chi connectivity index (χ0v) is 34.7. The van der Waals surface area contributed by atoms with Gasteiger partial charge in [-0.05, 0) is 113 Å². The Hall–Kier alpha value is -5.10. The highest BCUT2D eigenvalue weighted by atomic mass is 19.2. The van der Waals surface area contributed by atoms with E-state index in [9.17, 15) is 22.0 Å². The Labute approximate surface area is 338 Å². The first-order valence-electron chi connectivity index (χ1n) is 18.8. The third kappa shape index (κ3) is 11.7. The van der Waals surface area contributed by atoms with Gasteiger partial charge in [-0.1, -0.05) is 143 Å². The highest BCUT2D eigenvalue weighted by Crippen LogP contribution is 2.34. The molecule has 0 aliphatic rings. The van der Waals surface area contributed by atoms with E-state index >= 15 is 0 Å². The molecule has 1 heterocycles. The second-order valence-electron chi connectivity index (χ2n) is 17.4. The van der Waals surface area contributed by atoms with Crippen molar-refractivity contribution in [2.24, 2.45) is 0 Å². The second-order valence-corrected chi connectivity index (χ2v) is 17.4. The van der Waals surface area contributed by atoms with Gasteiger partial charge in [0.1, 0.15) is 5.82 Å². The van der Waals surface area contributed by atoms with Crippen LogP contribution < -0.4 is 0 Å². The molecule has 57 heavy (non-hydrogen) atoms. The lowest BCUT2D eigenvalue weighted by Gasteiger charge is -2.21. The Balaban J connectivity index is 0.000000228. The fourth-order valence-electron chi connectivity index (χ4n) is 6.23. The van der Waals surface area contributed by atoms with Crippen molar-refractivity contribution in [2.45, 2.75) is 107 Å². The molecule has 0 N–H and O–H groups in total. The summed E-state index contributed by atoms with van der Waals surface area (Å²) in [6.45, 7) is 24.3. The third-order valence-electron chi connectivity index (χ3n) is 9.61. The van der Waals surface area contributed by atoms with Crippen molar-refractivity contribution in [3.05, 3.63) is 172 Å². The molecular formula is C51H58F5N. The van der Waals surface area contributed by atoms with Gasteiger partial charge in [0.25, 0.3) is 0 Å². The molecule has 5 aromatic carbocycles. The predicted molar refractivity (Wildman–Crippen MR) is 230 cm³/mol. The molecule has 6 aromatic rings. The van der Waals surface area contributed by atoms with E-state index in [-0.39, 0.29) is 29.5 Å². The summed E-state index contributed by atoms with van der Waals surface area (Å²) in [6, 6.07) is 32.3. The van der Waals surface area contributed by atoms with Gasteiger partial charge in [0.05, 0.1) is 5.69 Å². The lowest BCUT2D eigenvalue weighted by Crippen LogP contribution is -2.14. The lowest BCUT2D eigenvalue weighted by molar-refractivity contribution is 0.507. The summed E-state index contributed by atoms with van der Waals surface area (Å²) in [7, 11) is 0. The van der Waals surface area contributed by atoms with Crippen molar-refractivity contribution in [3.63, 3.8) is 0 Å². The monoisotopic (exact) mass is 779 g/mol. The molecule has 0 radical (unpaired) electrons. The smallest absolute Gasteiger partial charge is 0.159 e. The number of hydrogen-bond donors (Lipinski definition) is 0. The van der Waals surface area contributed by atoms with Gasteiger partial charge in [-0.25, -0.2) is 22.0 Å². The summed E-state index contributed by atoms with van der Waals surface area (Å²) in [5, 5.41) is 0. The van der Waals surface area contributed by atoms with Crippen LogP contribution in [0.2, 0.25) is 0 Å². The molecule has 1 aromatic heterocycles. The topological polar surface area (TPSA) is 12.9 Å². The fraction of sp³-hybridized carbons (Fsp3) is 0.314. The summed E-state index contributed by atoms with van der Waals surface area (Å²) < 4.78 is 67.8. The van der Waals surface area contributed by atoms with Gasteiger partial charge < -0.3 is 0 Å². The number of halogens is 5. The molecule has 0 aliphatic carbocycles. The number of pyridine rings is 1. The molecule has 0 spiro atoms. The summed E-state index contributed by atoms with van der Waals surface area (Å²) in [5.41, 5.74) is 9.79. The van der Waals surface area contributed by atoms with Crippen LogP contribution in [0.25, 0.3) is 33.5 Å². The fourth-order valence-corrected chi connectivity index (χ4v) is 6.23. The summed E-state index contributed by atoms with van der Waals surface area (Å²) in [4.78, 5) is 4.78. The lowest BCUT2D eigenvalue weighted by atomic mass is 9.84. The van der Waals surface area contributed by atoms with Gasteiger partial charge in [0.2, 0.25) is 0 Å². The molecule has 6 heteroatoms. The largest absolute Gasteiger partial charge is 0.252 e. The third-order valence-corrected chi connectivity index (χ3v) is 9.61. The van der Waals surface area contributed by atoms with E-state index in [4.69, 9.17) is 4.98 Å². The van der Waals surface area contributed by atoms with E-state index in [0.29, 0.717) is 22.3 Å². The summed E-state index contributed by atoms with van der Waals surface area (Å²) in [5.74, 6) is -3.87. The van der Waals surface area contributed by atoms with E-state index in [1.54, 1.807) is 32.0 Å². The molecule has 302 valence electrons. The zero-order valence-electron chi connectivity index (χ0n) is 34.7. The van der Waals surface area contributed by atoms with Crippen molar-refractivity contribution in [1.29, 1.82) is 0 Å². The van der Waals surface area contributed by atoms with E-state index in [2.05, 4.69) is 97.0 Å². The van der Waals surface area contributed by atoms with Gasteiger partial charge in [0, 0.05) is 22.2 Å². The Bertz CT molecular complexity index is 2300. The molecule has 0 saturated heterocycles. The number of hydrogen-bond acceptors (Lipinski definition) is 1. The van der Waals surface area contributed by atoms with Crippen LogP contribution in [0.1, 0.15) is 103 Å². The molecule has 1 nitrogen and oxygen atoms in total. The van der Waals surface area contributed by atoms with Gasteiger partial charge >= 0.3 is 0 Å². The highest BCUT2D eigenvalue weighted by Gasteiger charge is 2.22. The van der Waals surface area contributed by atoms with Crippen LogP contribution in [-0.4, -0.2) is 4.98 Å². The quantitative estimate of drug-likeness (QED) is 0.163. The second kappa shape index (κ2) is 18.4. The normalized spacial score (nSPS) is 11.5. The van der Waals surface area contributed by atoms with Crippen LogP contribution in [0.4, 0.5) is 22.0 Å². The molecular weight excluding hydrogens is 722 g/mol. The Morgan fingerprint density at radius 3 is 1.49 bits per heavy atom. The van der Waals surface area contributed by atoms with Crippen LogP contribution >= 0.6 is 0 Å². The van der Waals surface area contributed by atoms with Crippen LogP contribution in [0, 0.1) is 49.9 Å². The van der Waals surface area contributed by atoms with E-state index in [0.717, 1.165) is 40.2 Å². The van der Waals surface area contributed by atoms with Gasteiger partial charge in [-0.3, -0.25) is 4.98 Å². The Kier molecular flexibility index (Phi) is 15.0. The number of nitrogens with zero attached hydrogens (tertiary/aromatic N) is 1. The van der Waals surface area contributed by atoms with E-state index < -0.39 is 23.3 Å². The van der Waals surface area contributed by atoms with Crippen molar-refractivity contribution in [3.8, 4) is 33.5 Å². The van der Waals surface area contributed by atoms with Crippen LogP contribution in [0.5, 0.6) is 0 Å². The minimum Gasteiger partial charge on any atom is -0.252 e. The van der Waals surface area contributed by atoms with Gasteiger partial charge in [0.15, 0.2) is 23.3 Å².